The number of benzene rings is 1. The lowest BCUT2D eigenvalue weighted by atomic mass is 9.91. The summed E-state index contributed by atoms with van der Waals surface area (Å²) in [5, 5.41) is 13.7. The topological polar surface area (TPSA) is 167 Å². The molecule has 222 valence electrons. The van der Waals surface area contributed by atoms with Gasteiger partial charge in [0.25, 0.3) is 5.91 Å². The van der Waals surface area contributed by atoms with Crippen molar-refractivity contribution in [3.05, 3.63) is 69.1 Å². The Bertz CT molecular complexity index is 1880. The molecule has 4 aromatic heterocycles. The van der Waals surface area contributed by atoms with Gasteiger partial charge in [-0.05, 0) is 24.0 Å². The Morgan fingerprint density at radius 3 is 2.81 bits per heavy atom. The monoisotopic (exact) mass is 600 g/mol. The molecule has 1 aromatic carbocycles. The van der Waals surface area contributed by atoms with Crippen LogP contribution in [-0.2, 0) is 11.2 Å². The van der Waals surface area contributed by atoms with Crippen LogP contribution in [0.3, 0.4) is 0 Å². The summed E-state index contributed by atoms with van der Waals surface area (Å²) in [5.74, 6) is 0.449. The summed E-state index contributed by atoms with van der Waals surface area (Å²) >= 11 is 1.37. The van der Waals surface area contributed by atoms with Crippen molar-refractivity contribution in [2.24, 2.45) is 11.5 Å². The van der Waals surface area contributed by atoms with Crippen molar-refractivity contribution in [1.82, 2.24) is 19.6 Å². The minimum absolute atomic E-state index is 0.00211. The Labute approximate surface area is 250 Å². The molecule has 5 N–H and O–H groups in total. The molecule has 0 unspecified atom stereocenters. The zero-order chi connectivity index (χ0) is 29.5. The van der Waals surface area contributed by atoms with E-state index in [1.807, 2.05) is 34.5 Å². The summed E-state index contributed by atoms with van der Waals surface area (Å²) in [6.07, 6.45) is 5.91. The number of hydrogen-bond donors (Lipinski definition) is 3. The highest BCUT2D eigenvalue weighted by Crippen LogP contribution is 2.35. The van der Waals surface area contributed by atoms with Crippen LogP contribution in [0.4, 0.5) is 11.8 Å². The van der Waals surface area contributed by atoms with Crippen LogP contribution in [0.1, 0.15) is 47.3 Å². The number of morpholine rings is 1. The number of hydrogen-bond acceptors (Lipinski definition) is 11. The molecule has 0 radical (unpaired) electrons. The van der Waals surface area contributed by atoms with E-state index in [2.05, 4.69) is 15.5 Å². The number of fused-ring (bicyclic) bond motifs is 2. The summed E-state index contributed by atoms with van der Waals surface area (Å²) < 4.78 is 14.0. The van der Waals surface area contributed by atoms with E-state index in [-0.39, 0.29) is 23.1 Å². The SMILES string of the molecule is NC(=O)c1c(Cc2cccc(-c3csc4c(=O)cc(N5CCOCC5)oc34)c2)nc(N[C@H]2CCCC[C@H]2N)n2cnnc12. The minimum Gasteiger partial charge on any atom is -0.439 e. The molecule has 1 saturated carbocycles. The number of carbonyl (C=O) groups excluding carboxylic acids is 1. The molecule has 2 atom stereocenters. The number of nitrogens with one attached hydrogen (secondary N) is 1. The van der Waals surface area contributed by atoms with Crippen molar-refractivity contribution >= 4 is 45.0 Å². The van der Waals surface area contributed by atoms with Gasteiger partial charge >= 0.3 is 0 Å². The number of nitrogens with zero attached hydrogens (tertiary/aromatic N) is 5. The number of amides is 1. The van der Waals surface area contributed by atoms with Crippen molar-refractivity contribution in [1.29, 1.82) is 0 Å². The Hall–Kier alpha value is -4.33. The van der Waals surface area contributed by atoms with Crippen LogP contribution in [0.25, 0.3) is 27.1 Å². The molecule has 12 nitrogen and oxygen atoms in total. The number of carbonyl (C=O) groups is 1. The Morgan fingerprint density at radius 1 is 1.16 bits per heavy atom. The molecule has 7 rings (SSSR count). The van der Waals surface area contributed by atoms with Gasteiger partial charge in [0.1, 0.15) is 16.6 Å². The number of ether oxygens (including phenoxy) is 1. The smallest absolute Gasteiger partial charge is 0.254 e. The maximum absolute atomic E-state index is 13.0. The number of thiophene rings is 1. The molecule has 1 amide bonds. The number of anilines is 2. The van der Waals surface area contributed by atoms with Crippen molar-refractivity contribution in [3.63, 3.8) is 0 Å². The predicted molar refractivity (Wildman–Crippen MR) is 165 cm³/mol. The van der Waals surface area contributed by atoms with Gasteiger partial charge in [-0.25, -0.2) is 4.98 Å². The molecule has 1 aliphatic heterocycles. The lowest BCUT2D eigenvalue weighted by Gasteiger charge is -2.30. The third kappa shape index (κ3) is 5.24. The molecule has 1 aliphatic carbocycles. The summed E-state index contributed by atoms with van der Waals surface area (Å²) in [6.45, 7) is 2.51. The first-order valence-corrected chi connectivity index (χ1v) is 15.4. The molecule has 43 heavy (non-hydrogen) atoms. The molecular weight excluding hydrogens is 568 g/mol. The van der Waals surface area contributed by atoms with Crippen molar-refractivity contribution < 1.29 is 13.9 Å². The average molecular weight is 601 g/mol. The van der Waals surface area contributed by atoms with E-state index in [1.165, 1.54) is 17.7 Å². The second-order valence-corrected chi connectivity index (χ2v) is 12.0. The molecule has 2 fully saturated rings. The third-order valence-corrected chi connectivity index (χ3v) is 9.25. The summed E-state index contributed by atoms with van der Waals surface area (Å²) in [6, 6.07) is 9.53. The minimum atomic E-state index is -0.626. The first-order valence-electron chi connectivity index (χ1n) is 14.5. The molecule has 0 spiro atoms. The van der Waals surface area contributed by atoms with Gasteiger partial charge in [0.2, 0.25) is 11.4 Å². The van der Waals surface area contributed by atoms with Crippen LogP contribution >= 0.6 is 11.3 Å². The maximum Gasteiger partial charge on any atom is 0.254 e. The summed E-state index contributed by atoms with van der Waals surface area (Å²) in [5.41, 5.74) is 16.5. The second-order valence-electron chi connectivity index (χ2n) is 11.1. The third-order valence-electron chi connectivity index (χ3n) is 8.27. The van der Waals surface area contributed by atoms with Crippen molar-refractivity contribution in [2.75, 3.05) is 36.5 Å². The van der Waals surface area contributed by atoms with E-state index < -0.39 is 5.91 Å². The van der Waals surface area contributed by atoms with Crippen LogP contribution in [-0.4, -0.2) is 63.9 Å². The van der Waals surface area contributed by atoms with Gasteiger partial charge in [0, 0.05) is 48.6 Å². The molecule has 0 bridgehead atoms. The van der Waals surface area contributed by atoms with Crippen molar-refractivity contribution in [2.45, 2.75) is 44.2 Å². The van der Waals surface area contributed by atoms with Gasteiger partial charge in [-0.15, -0.1) is 21.5 Å². The van der Waals surface area contributed by atoms with Gasteiger partial charge in [0.15, 0.2) is 17.1 Å². The predicted octanol–water partition coefficient (Wildman–Crippen LogP) is 3.17. The molecule has 2 aliphatic rings. The van der Waals surface area contributed by atoms with Crippen LogP contribution in [0.5, 0.6) is 0 Å². The Balaban J connectivity index is 1.26. The fourth-order valence-electron chi connectivity index (χ4n) is 6.02. The van der Waals surface area contributed by atoms with Gasteiger partial charge in [-0.3, -0.25) is 14.0 Å². The normalized spacial score (nSPS) is 19.2. The summed E-state index contributed by atoms with van der Waals surface area (Å²) in [4.78, 5) is 32.6. The standard InChI is InChI=1S/C30H32N8O4S/c31-20-6-1-2-7-21(20)34-30-35-22(25(28(32)40)29-36-33-16-38(29)30)13-17-4-3-5-18(12-17)19-15-43-27-23(39)14-24(42-26(19)27)37-8-10-41-11-9-37/h3-5,12,14-16,20-21H,1-2,6-11,13,31H2,(H2,32,40)(H,34,35)/t20-,21+/m1/s1. The maximum atomic E-state index is 13.0. The van der Waals surface area contributed by atoms with E-state index in [4.69, 9.17) is 25.6 Å². The number of rotatable bonds is 7. The zero-order valence-electron chi connectivity index (χ0n) is 23.5. The van der Waals surface area contributed by atoms with Crippen molar-refractivity contribution in [3.8, 4) is 11.1 Å². The zero-order valence-corrected chi connectivity index (χ0v) is 24.3. The molecular formula is C30H32N8O4S. The highest BCUT2D eigenvalue weighted by molar-refractivity contribution is 7.17. The number of aromatic nitrogens is 4. The second kappa shape index (κ2) is 11.4. The first-order chi connectivity index (χ1) is 21.0. The largest absolute Gasteiger partial charge is 0.439 e. The van der Waals surface area contributed by atoms with Crippen LogP contribution in [0.15, 0.2) is 51.3 Å². The van der Waals surface area contributed by atoms with Gasteiger partial charge in [0.05, 0.1) is 18.9 Å². The van der Waals surface area contributed by atoms with Gasteiger partial charge < -0.3 is 30.8 Å². The Kier molecular flexibility index (Phi) is 7.29. The van der Waals surface area contributed by atoms with Crippen LogP contribution in [0.2, 0.25) is 0 Å². The van der Waals surface area contributed by atoms with Crippen LogP contribution < -0.4 is 27.1 Å². The highest BCUT2D eigenvalue weighted by atomic mass is 32.1. The fraction of sp³-hybridized carbons (Fsp3) is 0.367. The van der Waals surface area contributed by atoms with Gasteiger partial charge in [-0.2, -0.15) is 0 Å². The highest BCUT2D eigenvalue weighted by Gasteiger charge is 2.26. The first kappa shape index (κ1) is 27.5. The number of nitrogens with two attached hydrogens (primary N) is 2. The molecule has 5 heterocycles. The van der Waals surface area contributed by atoms with E-state index >= 15 is 0 Å². The molecule has 5 aromatic rings. The van der Waals surface area contributed by atoms with Gasteiger partial charge in [-0.1, -0.05) is 37.1 Å². The van der Waals surface area contributed by atoms with Crippen LogP contribution in [0, 0.1) is 0 Å². The average Bonchev–Trinajstić information content (AvgIpc) is 3.67. The lowest BCUT2D eigenvalue weighted by molar-refractivity contribution is 0.1000. The molecule has 1 saturated heterocycles. The Morgan fingerprint density at radius 2 is 2.00 bits per heavy atom. The fourth-order valence-corrected chi connectivity index (χ4v) is 6.94. The van der Waals surface area contributed by atoms with E-state index in [9.17, 15) is 9.59 Å². The van der Waals surface area contributed by atoms with E-state index in [0.29, 0.717) is 66.2 Å². The molecule has 13 heteroatoms. The lowest BCUT2D eigenvalue weighted by Crippen LogP contribution is -2.43. The quantitative estimate of drug-likeness (QED) is 0.252. The number of primary amides is 1. The summed E-state index contributed by atoms with van der Waals surface area (Å²) in [7, 11) is 0. The van der Waals surface area contributed by atoms with E-state index in [0.717, 1.165) is 42.4 Å². The van der Waals surface area contributed by atoms with E-state index in [1.54, 1.807) is 10.5 Å².